The molecule has 1 aromatic rings. The predicted molar refractivity (Wildman–Crippen MR) is 77.5 cm³/mol. The molecule has 1 amide bonds. The number of benzene rings is 1. The fourth-order valence-corrected chi connectivity index (χ4v) is 4.06. The second kappa shape index (κ2) is 5.70. The Balaban J connectivity index is 2.15. The van der Waals surface area contributed by atoms with E-state index in [2.05, 4.69) is 5.32 Å². The van der Waals surface area contributed by atoms with Crippen LogP contribution in [0.4, 0.5) is 11.4 Å². The highest BCUT2D eigenvalue weighted by Crippen LogP contribution is 2.26. The maximum atomic E-state index is 12.1. The number of rotatable bonds is 3. The van der Waals surface area contributed by atoms with Crippen molar-refractivity contribution < 1.29 is 17.9 Å². The number of nitrogens with two attached hydrogens (primary N) is 1. The molecule has 0 aliphatic carbocycles. The van der Waals surface area contributed by atoms with Gasteiger partial charge in [-0.2, -0.15) is 0 Å². The number of anilines is 2. The lowest BCUT2D eigenvalue weighted by molar-refractivity contribution is -0.116. The largest absolute Gasteiger partial charge is 0.495 e. The maximum absolute atomic E-state index is 12.1. The molecular weight excluding hydrogens is 280 g/mol. The minimum absolute atomic E-state index is 0.0795. The van der Waals surface area contributed by atoms with Gasteiger partial charge in [-0.15, -0.1) is 0 Å². The van der Waals surface area contributed by atoms with Crippen molar-refractivity contribution >= 4 is 27.1 Å². The van der Waals surface area contributed by atoms with Gasteiger partial charge in [0.1, 0.15) is 11.0 Å². The molecule has 0 saturated carbocycles. The van der Waals surface area contributed by atoms with Crippen LogP contribution in [0.15, 0.2) is 18.2 Å². The highest BCUT2D eigenvalue weighted by atomic mass is 32.2. The van der Waals surface area contributed by atoms with Gasteiger partial charge in [-0.3, -0.25) is 4.79 Å². The highest BCUT2D eigenvalue weighted by molar-refractivity contribution is 7.92. The van der Waals surface area contributed by atoms with Gasteiger partial charge < -0.3 is 15.8 Å². The van der Waals surface area contributed by atoms with Gasteiger partial charge in [0.15, 0.2) is 9.84 Å². The predicted octanol–water partition coefficient (Wildman–Crippen LogP) is 1.18. The van der Waals surface area contributed by atoms with E-state index in [0.29, 0.717) is 30.0 Å². The first-order chi connectivity index (χ1) is 9.44. The first kappa shape index (κ1) is 14.6. The number of nitrogens with one attached hydrogen (secondary N) is 1. The minimum Gasteiger partial charge on any atom is -0.495 e. The number of hydrogen-bond acceptors (Lipinski definition) is 5. The van der Waals surface area contributed by atoms with Gasteiger partial charge in [-0.25, -0.2) is 8.42 Å². The van der Waals surface area contributed by atoms with E-state index in [4.69, 9.17) is 10.5 Å². The van der Waals surface area contributed by atoms with E-state index >= 15 is 0 Å². The van der Waals surface area contributed by atoms with Crippen molar-refractivity contribution in [3.63, 3.8) is 0 Å². The summed E-state index contributed by atoms with van der Waals surface area (Å²) < 4.78 is 28.8. The van der Waals surface area contributed by atoms with Gasteiger partial charge in [-0.1, -0.05) is 6.42 Å². The zero-order valence-corrected chi connectivity index (χ0v) is 12.1. The van der Waals surface area contributed by atoms with Crippen LogP contribution in [0.2, 0.25) is 0 Å². The van der Waals surface area contributed by atoms with E-state index in [1.54, 1.807) is 18.2 Å². The second-order valence-corrected chi connectivity index (χ2v) is 7.10. The molecule has 0 radical (unpaired) electrons. The molecule has 1 aliphatic heterocycles. The summed E-state index contributed by atoms with van der Waals surface area (Å²) in [5.74, 6) is 0.0293. The van der Waals surface area contributed by atoms with Crippen molar-refractivity contribution in [3.8, 4) is 5.75 Å². The van der Waals surface area contributed by atoms with Crippen LogP contribution < -0.4 is 15.8 Å². The summed E-state index contributed by atoms with van der Waals surface area (Å²) in [6.45, 7) is 0. The zero-order chi connectivity index (χ0) is 14.8. The Labute approximate surface area is 118 Å². The molecule has 1 saturated heterocycles. The summed E-state index contributed by atoms with van der Waals surface area (Å²) >= 11 is 0. The van der Waals surface area contributed by atoms with E-state index in [0.717, 1.165) is 6.42 Å². The Morgan fingerprint density at radius 1 is 1.40 bits per heavy atom. The SMILES string of the molecule is COc1cc(NC(=O)C2CCCCS2(=O)=O)ccc1N. The number of sulfone groups is 1. The summed E-state index contributed by atoms with van der Waals surface area (Å²) in [4.78, 5) is 12.1. The molecule has 2 rings (SSSR count). The number of carbonyl (C=O) groups excluding carboxylic acids is 1. The molecule has 7 heteroatoms. The van der Waals surface area contributed by atoms with E-state index < -0.39 is 21.0 Å². The van der Waals surface area contributed by atoms with Gasteiger partial charge in [0.05, 0.1) is 18.6 Å². The Morgan fingerprint density at radius 3 is 2.80 bits per heavy atom. The zero-order valence-electron chi connectivity index (χ0n) is 11.3. The Morgan fingerprint density at radius 2 is 2.15 bits per heavy atom. The van der Waals surface area contributed by atoms with Crippen LogP contribution in [0.3, 0.4) is 0 Å². The average molecular weight is 298 g/mol. The highest BCUT2D eigenvalue weighted by Gasteiger charge is 2.34. The van der Waals surface area contributed by atoms with Crippen molar-refractivity contribution in [1.29, 1.82) is 0 Å². The lowest BCUT2D eigenvalue weighted by Gasteiger charge is -2.21. The van der Waals surface area contributed by atoms with Gasteiger partial charge in [0.25, 0.3) is 0 Å². The standard InChI is InChI=1S/C13H18N2O4S/c1-19-11-8-9(5-6-10(11)14)15-13(16)12-4-2-3-7-20(12,17)18/h5-6,8,12H,2-4,7,14H2,1H3,(H,15,16). The number of methoxy groups -OCH3 is 1. The molecule has 3 N–H and O–H groups in total. The van der Waals surface area contributed by atoms with Crippen molar-refractivity contribution in [2.45, 2.75) is 24.5 Å². The van der Waals surface area contributed by atoms with Crippen LogP contribution in [0.1, 0.15) is 19.3 Å². The van der Waals surface area contributed by atoms with E-state index in [1.165, 1.54) is 7.11 Å². The van der Waals surface area contributed by atoms with Crippen LogP contribution in [0.5, 0.6) is 5.75 Å². The molecule has 20 heavy (non-hydrogen) atoms. The minimum atomic E-state index is -3.33. The molecule has 6 nitrogen and oxygen atoms in total. The van der Waals surface area contributed by atoms with Crippen LogP contribution in [-0.2, 0) is 14.6 Å². The molecule has 110 valence electrons. The summed E-state index contributed by atoms with van der Waals surface area (Å²) in [6, 6.07) is 4.79. The third-order valence-corrected chi connectivity index (χ3v) is 5.55. The van der Waals surface area contributed by atoms with Crippen molar-refractivity contribution in [2.75, 3.05) is 23.9 Å². The number of ether oxygens (including phenoxy) is 1. The van der Waals surface area contributed by atoms with Gasteiger partial charge in [0.2, 0.25) is 5.91 Å². The molecule has 0 bridgehead atoms. The molecule has 1 aliphatic rings. The molecule has 1 aromatic carbocycles. The lowest BCUT2D eigenvalue weighted by atomic mass is 10.1. The van der Waals surface area contributed by atoms with E-state index in [9.17, 15) is 13.2 Å². The first-order valence-corrected chi connectivity index (χ1v) is 8.11. The van der Waals surface area contributed by atoms with Crippen LogP contribution in [-0.4, -0.2) is 32.4 Å². The number of nitrogen functional groups attached to an aromatic ring is 1. The fourth-order valence-electron chi connectivity index (χ4n) is 2.26. The fraction of sp³-hybridized carbons (Fsp3) is 0.462. The third kappa shape index (κ3) is 3.04. The Hall–Kier alpha value is -1.76. The summed E-state index contributed by atoms with van der Waals surface area (Å²) in [7, 11) is -1.86. The first-order valence-electron chi connectivity index (χ1n) is 6.40. The number of carbonyl (C=O) groups is 1. The molecule has 1 heterocycles. The molecule has 1 atom stereocenters. The molecule has 1 fully saturated rings. The number of amides is 1. The van der Waals surface area contributed by atoms with Gasteiger partial charge >= 0.3 is 0 Å². The summed E-state index contributed by atoms with van der Waals surface area (Å²) in [6.07, 6.45) is 1.75. The topological polar surface area (TPSA) is 98.5 Å². The average Bonchev–Trinajstić information content (AvgIpc) is 2.40. The van der Waals surface area contributed by atoms with E-state index in [-0.39, 0.29) is 5.75 Å². The summed E-state index contributed by atoms with van der Waals surface area (Å²) in [5, 5.41) is 1.66. The van der Waals surface area contributed by atoms with Crippen LogP contribution >= 0.6 is 0 Å². The second-order valence-electron chi connectivity index (χ2n) is 4.80. The number of hydrogen-bond donors (Lipinski definition) is 2. The Bertz CT molecular complexity index is 613. The maximum Gasteiger partial charge on any atom is 0.242 e. The van der Waals surface area contributed by atoms with Crippen molar-refractivity contribution in [1.82, 2.24) is 0 Å². The smallest absolute Gasteiger partial charge is 0.242 e. The van der Waals surface area contributed by atoms with Crippen LogP contribution in [0.25, 0.3) is 0 Å². The van der Waals surface area contributed by atoms with Gasteiger partial charge in [0, 0.05) is 11.8 Å². The van der Waals surface area contributed by atoms with Gasteiger partial charge in [-0.05, 0) is 25.0 Å². The summed E-state index contributed by atoms with van der Waals surface area (Å²) in [5.41, 5.74) is 6.61. The van der Waals surface area contributed by atoms with E-state index in [1.807, 2.05) is 0 Å². The molecule has 0 spiro atoms. The molecule has 0 aromatic heterocycles. The van der Waals surface area contributed by atoms with Crippen molar-refractivity contribution in [2.24, 2.45) is 0 Å². The molecular formula is C13H18N2O4S. The van der Waals surface area contributed by atoms with Crippen LogP contribution in [0, 0.1) is 0 Å². The lowest BCUT2D eigenvalue weighted by Crippen LogP contribution is -2.39. The quantitative estimate of drug-likeness (QED) is 0.817. The third-order valence-electron chi connectivity index (χ3n) is 3.37. The molecule has 1 unspecified atom stereocenters. The Kier molecular flexibility index (Phi) is 4.17. The monoisotopic (exact) mass is 298 g/mol. The normalized spacial score (nSPS) is 21.1. The van der Waals surface area contributed by atoms with Crippen molar-refractivity contribution in [3.05, 3.63) is 18.2 Å².